The van der Waals surface area contributed by atoms with Gasteiger partial charge in [-0.25, -0.2) is 0 Å². The van der Waals surface area contributed by atoms with Gasteiger partial charge in [-0.3, -0.25) is 0 Å². The van der Waals surface area contributed by atoms with Gasteiger partial charge in [0.25, 0.3) is 0 Å². The fourth-order valence-corrected chi connectivity index (χ4v) is 6.99. The van der Waals surface area contributed by atoms with Crippen LogP contribution < -0.4 is 0 Å². The van der Waals surface area contributed by atoms with Crippen molar-refractivity contribution in [2.24, 2.45) is 0 Å². The highest BCUT2D eigenvalue weighted by atomic mass is 79.9. The van der Waals surface area contributed by atoms with Crippen molar-refractivity contribution in [1.29, 1.82) is 0 Å². The second-order valence-electron chi connectivity index (χ2n) is 10.4. The highest BCUT2D eigenvalue weighted by molar-refractivity contribution is 9.08. The standard InChI is InChI=1S/C36H22Br2F6/c37-19-31-29(21-9-13-25(14-10-21)35(39,40)41)17-23-5-1-3-7-27(23)33(31)34-28-8-4-2-6-24(28)18-30(32(34)20-38)22-11-15-26(16-12-22)36(42,43)44/h1-18H,19-20H2. The summed E-state index contributed by atoms with van der Waals surface area (Å²) in [4.78, 5) is 0. The van der Waals surface area contributed by atoms with Crippen molar-refractivity contribution in [3.05, 3.63) is 131 Å². The van der Waals surface area contributed by atoms with E-state index in [4.69, 9.17) is 0 Å². The molecule has 0 aliphatic carbocycles. The summed E-state index contributed by atoms with van der Waals surface area (Å²) in [6.07, 6.45) is -8.90. The molecule has 0 aliphatic rings. The predicted molar refractivity (Wildman–Crippen MR) is 173 cm³/mol. The molecular weight excluding hydrogens is 706 g/mol. The van der Waals surface area contributed by atoms with Crippen molar-refractivity contribution in [1.82, 2.24) is 0 Å². The topological polar surface area (TPSA) is 0 Å². The molecule has 0 amide bonds. The monoisotopic (exact) mass is 726 g/mol. The molecule has 0 aliphatic heterocycles. The molecule has 0 heterocycles. The molecule has 0 bridgehead atoms. The van der Waals surface area contributed by atoms with Gasteiger partial charge >= 0.3 is 12.4 Å². The second-order valence-corrected chi connectivity index (χ2v) is 11.5. The molecule has 0 nitrogen and oxygen atoms in total. The first-order chi connectivity index (χ1) is 21.0. The zero-order chi connectivity index (χ0) is 31.2. The van der Waals surface area contributed by atoms with Gasteiger partial charge in [-0.05, 0) is 102 Å². The van der Waals surface area contributed by atoms with Gasteiger partial charge < -0.3 is 0 Å². The molecule has 0 atom stereocenters. The maximum absolute atomic E-state index is 13.4. The smallest absolute Gasteiger partial charge is 0.166 e. The highest BCUT2D eigenvalue weighted by Crippen LogP contribution is 2.47. The van der Waals surface area contributed by atoms with Crippen LogP contribution in [0.3, 0.4) is 0 Å². The first-order valence-electron chi connectivity index (χ1n) is 13.6. The number of hydrogen-bond acceptors (Lipinski definition) is 0. The van der Waals surface area contributed by atoms with Gasteiger partial charge in [-0.2, -0.15) is 26.3 Å². The summed E-state index contributed by atoms with van der Waals surface area (Å²) in [6, 6.07) is 30.0. The molecule has 6 rings (SSSR count). The molecule has 0 radical (unpaired) electrons. The molecule has 0 saturated heterocycles. The van der Waals surface area contributed by atoms with E-state index in [1.807, 2.05) is 60.7 Å². The van der Waals surface area contributed by atoms with Gasteiger partial charge in [0.05, 0.1) is 11.1 Å². The van der Waals surface area contributed by atoms with E-state index in [1.165, 1.54) is 24.3 Å². The lowest BCUT2D eigenvalue weighted by molar-refractivity contribution is -0.138. The van der Waals surface area contributed by atoms with E-state index in [9.17, 15) is 26.3 Å². The lowest BCUT2D eigenvalue weighted by Gasteiger charge is -2.23. The minimum Gasteiger partial charge on any atom is -0.166 e. The Morgan fingerprint density at radius 1 is 0.455 bits per heavy atom. The van der Waals surface area contributed by atoms with Crippen LogP contribution in [0, 0.1) is 0 Å². The molecule has 44 heavy (non-hydrogen) atoms. The van der Waals surface area contributed by atoms with Crippen LogP contribution in [0.5, 0.6) is 0 Å². The van der Waals surface area contributed by atoms with Crippen molar-refractivity contribution in [2.75, 3.05) is 0 Å². The van der Waals surface area contributed by atoms with Crippen LogP contribution in [0.2, 0.25) is 0 Å². The summed E-state index contributed by atoms with van der Waals surface area (Å²) in [5, 5.41) is 4.54. The van der Waals surface area contributed by atoms with E-state index in [-0.39, 0.29) is 0 Å². The zero-order valence-corrected chi connectivity index (χ0v) is 26.0. The van der Waals surface area contributed by atoms with E-state index < -0.39 is 23.5 Å². The number of halogens is 8. The molecule has 0 saturated carbocycles. The first kappa shape index (κ1) is 30.4. The molecule has 8 heteroatoms. The van der Waals surface area contributed by atoms with Gasteiger partial charge in [-0.15, -0.1) is 0 Å². The lowest BCUT2D eigenvalue weighted by atomic mass is 9.82. The number of benzene rings is 6. The van der Waals surface area contributed by atoms with Crippen LogP contribution >= 0.6 is 31.9 Å². The van der Waals surface area contributed by atoms with Gasteiger partial charge in [0, 0.05) is 10.7 Å². The number of alkyl halides is 8. The van der Waals surface area contributed by atoms with Gasteiger partial charge in [0.1, 0.15) is 0 Å². The number of hydrogen-bond donors (Lipinski definition) is 0. The summed E-state index contributed by atoms with van der Waals surface area (Å²) in [5.41, 5.74) is 5.01. The SMILES string of the molecule is FC(F)(F)c1ccc(-c2cc3ccccc3c(-c3c(CBr)c(-c4ccc(C(F)(F)F)cc4)cc4ccccc34)c2CBr)cc1. The van der Waals surface area contributed by atoms with Crippen LogP contribution in [0.4, 0.5) is 26.3 Å². The van der Waals surface area contributed by atoms with E-state index in [1.54, 1.807) is 0 Å². The Morgan fingerprint density at radius 3 is 1.11 bits per heavy atom. The van der Waals surface area contributed by atoms with E-state index in [2.05, 4.69) is 31.9 Å². The zero-order valence-electron chi connectivity index (χ0n) is 22.8. The second kappa shape index (κ2) is 11.7. The van der Waals surface area contributed by atoms with Crippen LogP contribution in [0.15, 0.2) is 109 Å². The largest absolute Gasteiger partial charge is 0.416 e. The van der Waals surface area contributed by atoms with Gasteiger partial charge in [0.15, 0.2) is 0 Å². The minimum atomic E-state index is -4.45. The van der Waals surface area contributed by atoms with Crippen LogP contribution in [-0.4, -0.2) is 0 Å². The first-order valence-corrected chi connectivity index (χ1v) is 15.8. The molecule has 0 N–H and O–H groups in total. The fourth-order valence-electron chi connectivity index (χ4n) is 5.82. The number of fused-ring (bicyclic) bond motifs is 2. The van der Waals surface area contributed by atoms with E-state index in [0.717, 1.165) is 79.2 Å². The normalized spacial score (nSPS) is 12.3. The maximum atomic E-state index is 13.4. The molecule has 6 aromatic carbocycles. The molecule has 6 aromatic rings. The van der Waals surface area contributed by atoms with Crippen LogP contribution in [-0.2, 0) is 23.0 Å². The van der Waals surface area contributed by atoms with Crippen molar-refractivity contribution in [3.8, 4) is 33.4 Å². The molecule has 0 spiro atoms. The van der Waals surface area contributed by atoms with Crippen molar-refractivity contribution >= 4 is 53.4 Å². The Bertz CT molecular complexity index is 1840. The predicted octanol–water partition coefficient (Wildman–Crippen LogP) is 12.8. The summed E-state index contributed by atoms with van der Waals surface area (Å²) < 4.78 is 80.3. The fraction of sp³-hybridized carbons (Fsp3) is 0.111. The molecule has 0 unspecified atom stereocenters. The molecule has 222 valence electrons. The Kier molecular flexibility index (Phi) is 8.09. The summed E-state index contributed by atoms with van der Waals surface area (Å²) >= 11 is 7.38. The average molecular weight is 728 g/mol. The quantitative estimate of drug-likeness (QED) is 0.122. The van der Waals surface area contributed by atoms with E-state index >= 15 is 0 Å². The van der Waals surface area contributed by atoms with E-state index in [0.29, 0.717) is 21.8 Å². The molecular formula is C36H22Br2F6. The molecule has 0 fully saturated rings. The summed E-state index contributed by atoms with van der Waals surface area (Å²) in [5.74, 6) is 0. The molecule has 0 aromatic heterocycles. The summed E-state index contributed by atoms with van der Waals surface area (Å²) in [6.45, 7) is 0. The third-order valence-electron chi connectivity index (χ3n) is 7.88. The Morgan fingerprint density at radius 2 is 0.795 bits per heavy atom. The Balaban J connectivity index is 1.70. The van der Waals surface area contributed by atoms with Gasteiger partial charge in [0.2, 0.25) is 0 Å². The maximum Gasteiger partial charge on any atom is 0.416 e. The van der Waals surface area contributed by atoms with Crippen LogP contribution in [0.1, 0.15) is 22.3 Å². The average Bonchev–Trinajstić information content (AvgIpc) is 3.02. The van der Waals surface area contributed by atoms with Crippen molar-refractivity contribution in [2.45, 2.75) is 23.0 Å². The van der Waals surface area contributed by atoms with Crippen molar-refractivity contribution in [3.63, 3.8) is 0 Å². The van der Waals surface area contributed by atoms with Crippen LogP contribution in [0.25, 0.3) is 54.9 Å². The minimum absolute atomic E-state index is 0.407. The summed E-state index contributed by atoms with van der Waals surface area (Å²) in [7, 11) is 0. The Labute approximate surface area is 266 Å². The third-order valence-corrected chi connectivity index (χ3v) is 9.00. The Hall–Kier alpha value is -3.62. The lowest BCUT2D eigenvalue weighted by Crippen LogP contribution is -2.04. The highest BCUT2D eigenvalue weighted by Gasteiger charge is 2.31. The van der Waals surface area contributed by atoms with Crippen molar-refractivity contribution < 1.29 is 26.3 Å². The number of rotatable bonds is 5. The van der Waals surface area contributed by atoms with Gasteiger partial charge in [-0.1, -0.05) is 105 Å². The third kappa shape index (κ3) is 5.54.